The summed E-state index contributed by atoms with van der Waals surface area (Å²) in [7, 11) is 0. The number of aryl methyl sites for hydroxylation is 2. The van der Waals surface area contributed by atoms with Crippen LogP contribution >= 0.6 is 0 Å². The van der Waals surface area contributed by atoms with Crippen LogP contribution in [-0.4, -0.2) is 37.8 Å². The van der Waals surface area contributed by atoms with Gasteiger partial charge < -0.3 is 10.4 Å². The molecule has 8 heteroatoms. The average Bonchev–Trinajstić information content (AvgIpc) is 2.40. The molecule has 1 aromatic heterocycles. The molecule has 3 N–H and O–H groups in total. The van der Waals surface area contributed by atoms with Gasteiger partial charge in [0.1, 0.15) is 5.54 Å². The fraction of sp³-hybridized carbons (Fsp3) is 0.583. The van der Waals surface area contributed by atoms with Crippen LogP contribution in [0.2, 0.25) is 0 Å². The molecule has 2 amide bonds. The number of carbonyl (C=O) groups excluding carboxylic acids is 1. The normalized spacial score (nSPS) is 11.0. The molecule has 0 unspecified atom stereocenters. The largest absolute Gasteiger partial charge is 0.480 e. The number of anilines is 1. The topological polar surface area (TPSA) is 117 Å². The highest BCUT2D eigenvalue weighted by molar-refractivity contribution is 5.92. The van der Waals surface area contributed by atoms with Crippen LogP contribution in [0.1, 0.15) is 38.1 Å². The zero-order valence-electron chi connectivity index (χ0n) is 12.0. The summed E-state index contributed by atoms with van der Waals surface area (Å²) in [6.45, 7) is 6.90. The zero-order valence-corrected chi connectivity index (χ0v) is 12.0. The molecule has 8 nitrogen and oxygen atoms in total. The van der Waals surface area contributed by atoms with Crippen LogP contribution < -0.4 is 10.6 Å². The number of hydrogen-bond donors (Lipinski definition) is 3. The number of carboxylic acids is 1. The van der Waals surface area contributed by atoms with E-state index in [1.165, 1.54) is 0 Å². The number of amides is 2. The number of carbonyl (C=O) groups is 2. The van der Waals surface area contributed by atoms with Gasteiger partial charge in [-0.25, -0.2) is 14.6 Å². The van der Waals surface area contributed by atoms with E-state index in [1.807, 2.05) is 0 Å². The molecule has 1 heterocycles. The van der Waals surface area contributed by atoms with Crippen molar-refractivity contribution < 1.29 is 14.7 Å². The number of carboxylic acid groups (broad SMARTS) is 1. The van der Waals surface area contributed by atoms with Gasteiger partial charge in [-0.1, -0.05) is 13.8 Å². The molecule has 0 aromatic carbocycles. The summed E-state index contributed by atoms with van der Waals surface area (Å²) in [4.78, 5) is 27.2. The van der Waals surface area contributed by atoms with E-state index in [1.54, 1.807) is 27.7 Å². The fourth-order valence-electron chi connectivity index (χ4n) is 1.64. The summed E-state index contributed by atoms with van der Waals surface area (Å²) in [5.41, 5.74) is 0.0146. The highest BCUT2D eigenvalue weighted by Crippen LogP contribution is 2.15. The van der Waals surface area contributed by atoms with Crippen molar-refractivity contribution in [1.29, 1.82) is 0 Å². The minimum Gasteiger partial charge on any atom is -0.480 e. The number of rotatable bonds is 5. The summed E-state index contributed by atoms with van der Waals surface area (Å²) in [6.07, 6.45) is 0.552. The van der Waals surface area contributed by atoms with Crippen LogP contribution in [0.4, 0.5) is 10.7 Å². The van der Waals surface area contributed by atoms with Crippen molar-refractivity contribution in [3.63, 3.8) is 0 Å². The third-order valence-corrected chi connectivity index (χ3v) is 3.29. The standard InChI is InChI=1S/C12H19N5O3/c1-5-12(6-2,9(18)19)15-11(20)14-10-13-7(3)8(4)16-17-10/h5-6H2,1-4H3,(H,18,19)(H2,13,14,15,17,20). The third-order valence-electron chi connectivity index (χ3n) is 3.29. The van der Waals surface area contributed by atoms with Crippen molar-refractivity contribution >= 4 is 17.9 Å². The molecule has 1 rings (SSSR count). The third kappa shape index (κ3) is 3.40. The molecular weight excluding hydrogens is 262 g/mol. The van der Waals surface area contributed by atoms with E-state index in [0.717, 1.165) is 0 Å². The number of aromatic nitrogens is 3. The summed E-state index contributed by atoms with van der Waals surface area (Å²) in [5.74, 6) is -1.03. The lowest BCUT2D eigenvalue weighted by molar-refractivity contribution is -0.144. The molecule has 0 saturated carbocycles. The van der Waals surface area contributed by atoms with Gasteiger partial charge in [-0.2, -0.15) is 5.10 Å². The van der Waals surface area contributed by atoms with Crippen molar-refractivity contribution in [1.82, 2.24) is 20.5 Å². The Labute approximate surface area is 117 Å². The lowest BCUT2D eigenvalue weighted by Crippen LogP contribution is -2.55. The maximum atomic E-state index is 11.9. The first kappa shape index (κ1) is 15.8. The van der Waals surface area contributed by atoms with Crippen molar-refractivity contribution in [3.8, 4) is 0 Å². The fourth-order valence-corrected chi connectivity index (χ4v) is 1.64. The first-order valence-corrected chi connectivity index (χ1v) is 6.35. The Balaban J connectivity index is 2.80. The second kappa shape index (κ2) is 6.27. The van der Waals surface area contributed by atoms with E-state index in [2.05, 4.69) is 25.8 Å². The van der Waals surface area contributed by atoms with Crippen LogP contribution in [0.15, 0.2) is 0 Å². The molecule has 0 radical (unpaired) electrons. The van der Waals surface area contributed by atoms with E-state index in [0.29, 0.717) is 11.4 Å². The monoisotopic (exact) mass is 281 g/mol. The summed E-state index contributed by atoms with van der Waals surface area (Å²) in [5, 5.41) is 21.6. The molecule has 0 atom stereocenters. The van der Waals surface area contributed by atoms with Gasteiger partial charge in [0.2, 0.25) is 0 Å². The smallest absolute Gasteiger partial charge is 0.329 e. The quantitative estimate of drug-likeness (QED) is 0.747. The first-order valence-electron chi connectivity index (χ1n) is 6.35. The maximum Gasteiger partial charge on any atom is 0.329 e. The highest BCUT2D eigenvalue weighted by atomic mass is 16.4. The van der Waals surface area contributed by atoms with Gasteiger partial charge in [0.25, 0.3) is 5.95 Å². The molecule has 0 saturated heterocycles. The Morgan fingerprint density at radius 1 is 1.15 bits per heavy atom. The Bertz CT molecular complexity index is 514. The Kier molecular flexibility index (Phi) is 4.95. The Morgan fingerprint density at radius 3 is 2.20 bits per heavy atom. The van der Waals surface area contributed by atoms with Crippen LogP contribution in [0, 0.1) is 13.8 Å². The van der Waals surface area contributed by atoms with Gasteiger partial charge in [-0.05, 0) is 26.7 Å². The minimum atomic E-state index is -1.29. The van der Waals surface area contributed by atoms with Crippen LogP contribution in [0.3, 0.4) is 0 Å². The maximum absolute atomic E-state index is 11.9. The lowest BCUT2D eigenvalue weighted by Gasteiger charge is -2.27. The van der Waals surface area contributed by atoms with Crippen LogP contribution in [-0.2, 0) is 4.79 Å². The van der Waals surface area contributed by atoms with E-state index >= 15 is 0 Å². The summed E-state index contributed by atoms with van der Waals surface area (Å²) < 4.78 is 0. The molecule has 0 bridgehead atoms. The second-order valence-electron chi connectivity index (χ2n) is 4.48. The number of aliphatic carboxylic acids is 1. The van der Waals surface area contributed by atoms with Gasteiger partial charge in [0, 0.05) is 0 Å². The van der Waals surface area contributed by atoms with Crippen molar-refractivity contribution in [2.45, 2.75) is 46.1 Å². The summed E-state index contributed by atoms with van der Waals surface area (Å²) in [6, 6.07) is -0.666. The first-order chi connectivity index (χ1) is 9.34. The summed E-state index contributed by atoms with van der Waals surface area (Å²) >= 11 is 0. The molecule has 1 aromatic rings. The molecule has 0 fully saturated rings. The van der Waals surface area contributed by atoms with Gasteiger partial charge >= 0.3 is 12.0 Å². The van der Waals surface area contributed by atoms with Crippen molar-refractivity contribution in [2.75, 3.05) is 5.32 Å². The average molecular weight is 281 g/mol. The van der Waals surface area contributed by atoms with E-state index in [4.69, 9.17) is 0 Å². The molecule has 20 heavy (non-hydrogen) atoms. The number of nitrogens with one attached hydrogen (secondary N) is 2. The van der Waals surface area contributed by atoms with E-state index in [-0.39, 0.29) is 18.8 Å². The highest BCUT2D eigenvalue weighted by Gasteiger charge is 2.36. The number of nitrogens with zero attached hydrogens (tertiary/aromatic N) is 3. The van der Waals surface area contributed by atoms with E-state index < -0.39 is 17.5 Å². The van der Waals surface area contributed by atoms with E-state index in [9.17, 15) is 14.7 Å². The predicted octanol–water partition coefficient (Wildman–Crippen LogP) is 1.25. The van der Waals surface area contributed by atoms with Gasteiger partial charge in [-0.15, -0.1) is 5.10 Å². The second-order valence-corrected chi connectivity index (χ2v) is 4.48. The lowest BCUT2D eigenvalue weighted by atomic mass is 9.93. The zero-order chi connectivity index (χ0) is 15.3. The Morgan fingerprint density at radius 2 is 1.75 bits per heavy atom. The van der Waals surface area contributed by atoms with Gasteiger partial charge in [0.15, 0.2) is 0 Å². The van der Waals surface area contributed by atoms with Crippen molar-refractivity contribution in [3.05, 3.63) is 11.4 Å². The van der Waals surface area contributed by atoms with Gasteiger partial charge in [-0.3, -0.25) is 5.32 Å². The van der Waals surface area contributed by atoms with Gasteiger partial charge in [0.05, 0.1) is 11.4 Å². The number of urea groups is 1. The SMILES string of the molecule is CCC(CC)(NC(=O)Nc1nnc(C)c(C)n1)C(=O)O. The van der Waals surface area contributed by atoms with Crippen LogP contribution in [0.5, 0.6) is 0 Å². The molecular formula is C12H19N5O3. The predicted molar refractivity (Wildman–Crippen MR) is 72.4 cm³/mol. The van der Waals surface area contributed by atoms with Crippen molar-refractivity contribution in [2.24, 2.45) is 0 Å². The minimum absolute atomic E-state index is 0.0390. The molecule has 0 aliphatic carbocycles. The molecule has 0 aliphatic rings. The molecule has 110 valence electrons. The Hall–Kier alpha value is -2.25. The van der Waals surface area contributed by atoms with Crippen LogP contribution in [0.25, 0.3) is 0 Å². The number of hydrogen-bond acceptors (Lipinski definition) is 5. The molecule has 0 spiro atoms. The molecule has 0 aliphatic heterocycles.